The van der Waals surface area contributed by atoms with E-state index in [0.29, 0.717) is 0 Å². The summed E-state index contributed by atoms with van der Waals surface area (Å²) in [6.07, 6.45) is 0.830. The summed E-state index contributed by atoms with van der Waals surface area (Å²) in [5.41, 5.74) is 4.45. The number of halogens is 1. The molecule has 0 fully saturated rings. The quantitative estimate of drug-likeness (QED) is 0.433. The van der Waals surface area contributed by atoms with Crippen LogP contribution in [0.5, 0.6) is 11.5 Å². The van der Waals surface area contributed by atoms with E-state index in [1.807, 2.05) is 23.9 Å². The summed E-state index contributed by atoms with van der Waals surface area (Å²) in [7, 11) is 3.33. The molecular formula is C23H20BrNO2S. The summed E-state index contributed by atoms with van der Waals surface area (Å²) in [6, 6.07) is 22.9. The molecule has 3 aromatic rings. The molecule has 0 radical (unpaired) electrons. The van der Waals surface area contributed by atoms with Crippen molar-refractivity contribution in [1.29, 1.82) is 0 Å². The maximum absolute atomic E-state index is 5.52. The molecule has 5 heteroatoms. The van der Waals surface area contributed by atoms with Gasteiger partial charge in [-0.3, -0.25) is 4.99 Å². The summed E-state index contributed by atoms with van der Waals surface area (Å²) >= 11 is 5.36. The minimum atomic E-state index is 0.228. The SMILES string of the molecule is COc1ccc([C@H]2CC(c3ccc(Br)cc3)=Nc3ccccc3S2)cc1OC. The number of rotatable bonds is 4. The third-order valence-corrected chi connectivity index (χ3v) is 6.58. The normalized spacial score (nSPS) is 16.0. The average Bonchev–Trinajstić information content (AvgIpc) is 2.93. The van der Waals surface area contributed by atoms with Crippen molar-refractivity contribution in [1.82, 2.24) is 0 Å². The van der Waals surface area contributed by atoms with Crippen LogP contribution in [0.4, 0.5) is 5.69 Å². The van der Waals surface area contributed by atoms with Gasteiger partial charge < -0.3 is 9.47 Å². The van der Waals surface area contributed by atoms with Crippen LogP contribution in [0.3, 0.4) is 0 Å². The summed E-state index contributed by atoms with van der Waals surface area (Å²) in [5.74, 6) is 1.49. The van der Waals surface area contributed by atoms with Gasteiger partial charge >= 0.3 is 0 Å². The first kappa shape index (κ1) is 19.1. The van der Waals surface area contributed by atoms with Gasteiger partial charge in [-0.15, -0.1) is 11.8 Å². The number of ether oxygens (including phenoxy) is 2. The second kappa shape index (κ2) is 8.41. The number of thioether (sulfide) groups is 1. The third-order valence-electron chi connectivity index (χ3n) is 4.73. The number of para-hydroxylation sites is 1. The van der Waals surface area contributed by atoms with Crippen molar-refractivity contribution in [3.8, 4) is 11.5 Å². The zero-order valence-electron chi connectivity index (χ0n) is 15.7. The van der Waals surface area contributed by atoms with E-state index >= 15 is 0 Å². The van der Waals surface area contributed by atoms with Crippen molar-refractivity contribution >= 4 is 39.1 Å². The number of hydrogen-bond donors (Lipinski definition) is 0. The summed E-state index contributed by atoms with van der Waals surface area (Å²) < 4.78 is 12.0. The lowest BCUT2D eigenvalue weighted by atomic mass is 10.0. The van der Waals surface area contributed by atoms with Gasteiger partial charge in [0.15, 0.2) is 11.5 Å². The summed E-state index contributed by atoms with van der Waals surface area (Å²) in [5, 5.41) is 0.228. The van der Waals surface area contributed by atoms with Crippen LogP contribution in [0.15, 0.2) is 81.1 Å². The number of methoxy groups -OCH3 is 2. The molecule has 0 saturated heterocycles. The van der Waals surface area contributed by atoms with Crippen LogP contribution >= 0.6 is 27.7 Å². The molecule has 0 amide bonds. The van der Waals surface area contributed by atoms with Crippen molar-refractivity contribution in [2.24, 2.45) is 4.99 Å². The highest BCUT2D eigenvalue weighted by Gasteiger charge is 2.23. The standard InChI is InChI=1S/C23H20BrNO2S/c1-26-20-12-9-16(13-21(20)27-2)23-14-19(15-7-10-17(24)11-8-15)25-18-5-3-4-6-22(18)28-23/h3-13,23H,14H2,1-2H3/t23-/m1/s1. The molecule has 28 heavy (non-hydrogen) atoms. The highest BCUT2D eigenvalue weighted by atomic mass is 79.9. The maximum atomic E-state index is 5.52. The molecule has 0 spiro atoms. The second-order valence-corrected chi connectivity index (χ2v) is 8.62. The van der Waals surface area contributed by atoms with Gasteiger partial charge in [0.05, 0.1) is 19.9 Å². The third kappa shape index (κ3) is 3.96. The lowest BCUT2D eigenvalue weighted by molar-refractivity contribution is 0.354. The Kier molecular flexibility index (Phi) is 5.74. The van der Waals surface area contributed by atoms with Crippen LogP contribution < -0.4 is 9.47 Å². The molecule has 3 aromatic carbocycles. The Bertz CT molecular complexity index is 1020. The molecule has 0 aliphatic carbocycles. The smallest absolute Gasteiger partial charge is 0.161 e. The fourth-order valence-corrected chi connectivity index (χ4v) is 4.76. The number of fused-ring (bicyclic) bond motifs is 1. The van der Waals surface area contributed by atoms with Crippen molar-refractivity contribution in [2.75, 3.05) is 14.2 Å². The zero-order valence-corrected chi connectivity index (χ0v) is 18.1. The minimum absolute atomic E-state index is 0.228. The second-order valence-electron chi connectivity index (χ2n) is 6.46. The lowest BCUT2D eigenvalue weighted by Crippen LogP contribution is -2.05. The molecule has 0 N–H and O–H groups in total. The maximum Gasteiger partial charge on any atom is 0.161 e. The topological polar surface area (TPSA) is 30.8 Å². The molecule has 1 heterocycles. The van der Waals surface area contributed by atoms with E-state index in [1.54, 1.807) is 14.2 Å². The predicted molar refractivity (Wildman–Crippen MR) is 120 cm³/mol. The van der Waals surface area contributed by atoms with E-state index < -0.39 is 0 Å². The Balaban J connectivity index is 1.77. The first-order valence-corrected chi connectivity index (χ1v) is 10.7. The summed E-state index contributed by atoms with van der Waals surface area (Å²) in [6.45, 7) is 0. The van der Waals surface area contributed by atoms with Gasteiger partial charge in [0.25, 0.3) is 0 Å². The van der Waals surface area contributed by atoms with Crippen molar-refractivity contribution in [3.05, 3.63) is 82.3 Å². The van der Waals surface area contributed by atoms with Crippen LogP contribution in [-0.2, 0) is 0 Å². The van der Waals surface area contributed by atoms with E-state index in [9.17, 15) is 0 Å². The fourth-order valence-electron chi connectivity index (χ4n) is 3.27. The fraction of sp³-hybridized carbons (Fsp3) is 0.174. The Hall–Kier alpha value is -2.24. The largest absolute Gasteiger partial charge is 0.493 e. The Labute approximate surface area is 177 Å². The Morgan fingerprint density at radius 1 is 0.929 bits per heavy atom. The van der Waals surface area contributed by atoms with Crippen LogP contribution in [0.1, 0.15) is 22.8 Å². The Morgan fingerprint density at radius 3 is 2.43 bits per heavy atom. The molecule has 1 aliphatic rings. The molecule has 0 saturated carbocycles. The van der Waals surface area contributed by atoms with Crippen LogP contribution in [-0.4, -0.2) is 19.9 Å². The molecule has 3 nitrogen and oxygen atoms in total. The molecule has 1 aliphatic heterocycles. The van der Waals surface area contributed by atoms with E-state index in [2.05, 4.69) is 70.5 Å². The molecule has 0 bridgehead atoms. The highest BCUT2D eigenvalue weighted by molar-refractivity contribution is 9.10. The molecule has 1 atom stereocenters. The van der Waals surface area contributed by atoms with Crippen molar-refractivity contribution < 1.29 is 9.47 Å². The zero-order chi connectivity index (χ0) is 19.5. The molecule has 4 rings (SSSR count). The van der Waals surface area contributed by atoms with Gasteiger partial charge in [-0.2, -0.15) is 0 Å². The van der Waals surface area contributed by atoms with Gasteiger partial charge in [0, 0.05) is 26.8 Å². The van der Waals surface area contributed by atoms with Gasteiger partial charge in [-0.05, 0) is 47.5 Å². The predicted octanol–water partition coefficient (Wildman–Crippen LogP) is 6.82. The van der Waals surface area contributed by atoms with E-state index in [-0.39, 0.29) is 5.25 Å². The highest BCUT2D eigenvalue weighted by Crippen LogP contribution is 2.46. The van der Waals surface area contributed by atoms with Gasteiger partial charge in [0.2, 0.25) is 0 Å². The lowest BCUT2D eigenvalue weighted by Gasteiger charge is -2.18. The molecule has 142 valence electrons. The van der Waals surface area contributed by atoms with Crippen molar-refractivity contribution in [2.45, 2.75) is 16.6 Å². The molecule has 0 unspecified atom stereocenters. The molecular weight excluding hydrogens is 434 g/mol. The number of benzene rings is 3. The molecule has 0 aromatic heterocycles. The first-order chi connectivity index (χ1) is 13.7. The van der Waals surface area contributed by atoms with Crippen LogP contribution in [0.25, 0.3) is 0 Å². The number of hydrogen-bond acceptors (Lipinski definition) is 4. The number of aliphatic imine (C=N–C) groups is 1. The van der Waals surface area contributed by atoms with E-state index in [1.165, 1.54) is 10.5 Å². The average molecular weight is 454 g/mol. The van der Waals surface area contributed by atoms with Gasteiger partial charge in [-0.25, -0.2) is 0 Å². The minimum Gasteiger partial charge on any atom is -0.493 e. The Morgan fingerprint density at radius 2 is 1.68 bits per heavy atom. The van der Waals surface area contributed by atoms with Crippen LogP contribution in [0, 0.1) is 0 Å². The van der Waals surface area contributed by atoms with Crippen LogP contribution in [0.2, 0.25) is 0 Å². The van der Waals surface area contributed by atoms with Crippen molar-refractivity contribution in [3.63, 3.8) is 0 Å². The van der Waals surface area contributed by atoms with E-state index in [0.717, 1.165) is 39.4 Å². The first-order valence-electron chi connectivity index (χ1n) is 8.99. The summed E-state index contributed by atoms with van der Waals surface area (Å²) in [4.78, 5) is 6.20. The monoisotopic (exact) mass is 453 g/mol. The van der Waals surface area contributed by atoms with Gasteiger partial charge in [-0.1, -0.05) is 46.3 Å². The number of nitrogens with zero attached hydrogens (tertiary/aromatic N) is 1. The van der Waals surface area contributed by atoms with E-state index in [4.69, 9.17) is 14.5 Å². The van der Waals surface area contributed by atoms with Gasteiger partial charge in [0.1, 0.15) is 0 Å².